The van der Waals surface area contributed by atoms with Gasteiger partial charge in [0.1, 0.15) is 23.4 Å². The van der Waals surface area contributed by atoms with E-state index in [9.17, 15) is 4.39 Å². The summed E-state index contributed by atoms with van der Waals surface area (Å²) in [6.07, 6.45) is 0. The lowest BCUT2D eigenvalue weighted by Gasteiger charge is -2.08. The number of ether oxygens (including phenoxy) is 1. The Bertz CT molecular complexity index is 595. The largest absolute Gasteiger partial charge is 0.377 e. The minimum Gasteiger partial charge on any atom is -0.377 e. The Hall–Kier alpha value is -1.43. The van der Waals surface area contributed by atoms with E-state index in [1.54, 1.807) is 12.1 Å². The molecule has 0 aliphatic carbocycles. The van der Waals surface area contributed by atoms with Crippen LogP contribution in [0.3, 0.4) is 0 Å². The molecule has 2 rings (SSSR count). The number of rotatable bonds is 4. The van der Waals surface area contributed by atoms with Crippen LogP contribution in [0.1, 0.15) is 5.82 Å². The van der Waals surface area contributed by atoms with E-state index in [4.69, 9.17) is 27.9 Å². The van der Waals surface area contributed by atoms with E-state index in [2.05, 4.69) is 15.3 Å². The molecule has 19 heavy (non-hydrogen) atoms. The van der Waals surface area contributed by atoms with Crippen LogP contribution in [0.25, 0.3) is 0 Å². The first-order valence-electron chi connectivity index (χ1n) is 5.33. The lowest BCUT2D eigenvalue weighted by atomic mass is 10.3. The minimum absolute atomic E-state index is 0.0299. The van der Waals surface area contributed by atoms with E-state index < -0.39 is 5.82 Å². The van der Waals surface area contributed by atoms with Crippen LogP contribution in [0, 0.1) is 5.82 Å². The summed E-state index contributed by atoms with van der Waals surface area (Å²) in [6, 6.07) is 5.83. The van der Waals surface area contributed by atoms with E-state index >= 15 is 0 Å². The fourth-order valence-electron chi connectivity index (χ4n) is 1.44. The number of halogens is 3. The third-order valence-corrected chi connectivity index (χ3v) is 2.69. The van der Waals surface area contributed by atoms with Crippen LogP contribution >= 0.6 is 23.2 Å². The molecule has 0 saturated carbocycles. The lowest BCUT2D eigenvalue weighted by Crippen LogP contribution is -2.01. The normalized spacial score (nSPS) is 10.5. The molecule has 1 aromatic heterocycles. The average Bonchev–Trinajstić information content (AvgIpc) is 2.33. The van der Waals surface area contributed by atoms with Crippen molar-refractivity contribution in [2.24, 2.45) is 0 Å². The molecule has 0 spiro atoms. The summed E-state index contributed by atoms with van der Waals surface area (Å²) in [4.78, 5) is 8.20. The average molecular weight is 302 g/mol. The molecule has 100 valence electrons. The summed E-state index contributed by atoms with van der Waals surface area (Å²) in [7, 11) is 1.54. The van der Waals surface area contributed by atoms with E-state index in [1.807, 2.05) is 0 Å². The van der Waals surface area contributed by atoms with Crippen molar-refractivity contribution in [2.45, 2.75) is 6.61 Å². The quantitative estimate of drug-likeness (QED) is 0.872. The third-order valence-electron chi connectivity index (χ3n) is 2.21. The molecule has 1 N–H and O–H groups in total. The van der Waals surface area contributed by atoms with Crippen LogP contribution in [0.2, 0.25) is 10.2 Å². The molecule has 0 amide bonds. The van der Waals surface area contributed by atoms with Gasteiger partial charge in [-0.05, 0) is 18.2 Å². The van der Waals surface area contributed by atoms with Gasteiger partial charge < -0.3 is 10.1 Å². The van der Waals surface area contributed by atoms with Gasteiger partial charge in [0.25, 0.3) is 0 Å². The van der Waals surface area contributed by atoms with E-state index in [0.717, 1.165) is 0 Å². The van der Waals surface area contributed by atoms with Crippen molar-refractivity contribution in [1.29, 1.82) is 0 Å². The summed E-state index contributed by atoms with van der Waals surface area (Å²) < 4.78 is 18.0. The maximum Gasteiger partial charge on any atom is 0.158 e. The first kappa shape index (κ1) is 14.0. The molecule has 0 bridgehead atoms. The molecule has 0 fully saturated rings. The predicted molar refractivity (Wildman–Crippen MR) is 72.4 cm³/mol. The number of methoxy groups -OCH3 is 1. The summed E-state index contributed by atoms with van der Waals surface area (Å²) in [5.41, 5.74) is 0.601. The molecular weight excluding hydrogens is 292 g/mol. The molecule has 2 aromatic rings. The Balaban J connectivity index is 2.24. The summed E-state index contributed by atoms with van der Waals surface area (Å²) in [5.74, 6) is 0.452. The number of hydrogen-bond donors (Lipinski definition) is 1. The second kappa shape index (κ2) is 6.14. The van der Waals surface area contributed by atoms with Crippen LogP contribution in [0.5, 0.6) is 0 Å². The first-order valence-corrected chi connectivity index (χ1v) is 6.08. The van der Waals surface area contributed by atoms with Crippen molar-refractivity contribution in [1.82, 2.24) is 9.97 Å². The number of benzene rings is 1. The van der Waals surface area contributed by atoms with Gasteiger partial charge in [-0.3, -0.25) is 0 Å². The van der Waals surface area contributed by atoms with Gasteiger partial charge >= 0.3 is 0 Å². The zero-order valence-electron chi connectivity index (χ0n) is 9.95. The van der Waals surface area contributed by atoms with E-state index in [0.29, 0.717) is 17.3 Å². The highest BCUT2D eigenvalue weighted by atomic mass is 35.5. The van der Waals surface area contributed by atoms with Gasteiger partial charge in [-0.15, -0.1) is 0 Å². The molecular formula is C12H10Cl2FN3O. The Kier molecular flexibility index (Phi) is 4.52. The summed E-state index contributed by atoms with van der Waals surface area (Å²) >= 11 is 11.6. The van der Waals surface area contributed by atoms with E-state index in [-0.39, 0.29) is 16.8 Å². The molecule has 0 radical (unpaired) electrons. The highest BCUT2D eigenvalue weighted by molar-refractivity contribution is 6.31. The van der Waals surface area contributed by atoms with Crippen molar-refractivity contribution in [2.75, 3.05) is 12.4 Å². The molecule has 0 aliphatic heterocycles. The van der Waals surface area contributed by atoms with E-state index in [1.165, 1.54) is 19.2 Å². The highest BCUT2D eigenvalue weighted by Crippen LogP contribution is 2.23. The van der Waals surface area contributed by atoms with Crippen molar-refractivity contribution < 1.29 is 9.13 Å². The monoisotopic (exact) mass is 301 g/mol. The Labute approximate surface area is 119 Å². The minimum atomic E-state index is -0.479. The number of nitrogens with one attached hydrogen (secondary N) is 1. The van der Waals surface area contributed by atoms with Crippen LogP contribution in [-0.2, 0) is 11.3 Å². The molecule has 0 atom stereocenters. The van der Waals surface area contributed by atoms with Gasteiger partial charge in [-0.2, -0.15) is 0 Å². The van der Waals surface area contributed by atoms with Crippen molar-refractivity contribution in [3.05, 3.63) is 46.1 Å². The van der Waals surface area contributed by atoms with Gasteiger partial charge in [0.2, 0.25) is 0 Å². The van der Waals surface area contributed by atoms with Gasteiger partial charge in [-0.25, -0.2) is 14.4 Å². The molecule has 0 saturated heterocycles. The Morgan fingerprint density at radius 2 is 2.05 bits per heavy atom. The molecule has 4 nitrogen and oxygen atoms in total. The number of anilines is 2. The third kappa shape index (κ3) is 3.76. The lowest BCUT2D eigenvalue weighted by molar-refractivity contribution is 0.178. The van der Waals surface area contributed by atoms with Gasteiger partial charge in [-0.1, -0.05) is 23.2 Å². The van der Waals surface area contributed by atoms with Gasteiger partial charge in [0.05, 0.1) is 5.02 Å². The van der Waals surface area contributed by atoms with Crippen molar-refractivity contribution >= 4 is 34.7 Å². The van der Waals surface area contributed by atoms with Crippen molar-refractivity contribution in [3.63, 3.8) is 0 Å². The predicted octanol–water partition coefficient (Wildman–Crippen LogP) is 3.81. The van der Waals surface area contributed by atoms with Crippen LogP contribution in [-0.4, -0.2) is 17.1 Å². The first-order chi connectivity index (χ1) is 9.08. The molecule has 7 heteroatoms. The zero-order valence-corrected chi connectivity index (χ0v) is 11.5. The fraction of sp³-hybridized carbons (Fsp3) is 0.167. The second-order valence-corrected chi connectivity index (χ2v) is 4.47. The standard InChI is InChI=1S/C12H10Cl2FN3O/c1-19-6-12-17-10(14)5-11(18-12)16-7-2-3-9(15)8(13)4-7/h2-5H,6H2,1H3,(H,16,17,18). The number of nitrogens with zero attached hydrogens (tertiary/aromatic N) is 2. The SMILES string of the molecule is COCc1nc(Cl)cc(Nc2ccc(F)c(Cl)c2)n1. The van der Waals surface area contributed by atoms with Crippen LogP contribution in [0.4, 0.5) is 15.9 Å². The van der Waals surface area contributed by atoms with Crippen LogP contribution in [0.15, 0.2) is 24.3 Å². The number of hydrogen-bond acceptors (Lipinski definition) is 4. The van der Waals surface area contributed by atoms with Gasteiger partial charge in [0.15, 0.2) is 5.82 Å². The van der Waals surface area contributed by atoms with Crippen molar-refractivity contribution in [3.8, 4) is 0 Å². The smallest absolute Gasteiger partial charge is 0.158 e. The zero-order chi connectivity index (χ0) is 13.8. The Morgan fingerprint density at radius 1 is 1.26 bits per heavy atom. The second-order valence-electron chi connectivity index (χ2n) is 3.68. The topological polar surface area (TPSA) is 47.0 Å². The molecule has 1 aromatic carbocycles. The Morgan fingerprint density at radius 3 is 2.74 bits per heavy atom. The summed E-state index contributed by atoms with van der Waals surface area (Å²) in [6.45, 7) is 0.249. The maximum atomic E-state index is 13.0. The maximum absolute atomic E-state index is 13.0. The highest BCUT2D eigenvalue weighted by Gasteiger charge is 2.05. The van der Waals surface area contributed by atoms with Gasteiger partial charge in [0, 0.05) is 18.9 Å². The molecule has 1 heterocycles. The fourth-order valence-corrected chi connectivity index (χ4v) is 1.83. The molecule has 0 aliphatic rings. The number of aromatic nitrogens is 2. The van der Waals surface area contributed by atoms with Crippen LogP contribution < -0.4 is 5.32 Å². The summed E-state index contributed by atoms with van der Waals surface area (Å²) in [5, 5.41) is 3.29. The molecule has 0 unspecified atom stereocenters.